The number of aliphatic hydroxyl groups excluding tert-OH is 1. The largest absolute Gasteiger partial charge is 0.490 e. The van der Waals surface area contributed by atoms with E-state index in [-0.39, 0.29) is 6.10 Å². The number of hydrogen-bond acceptors (Lipinski definition) is 3. The molecule has 17 heavy (non-hydrogen) atoms. The van der Waals surface area contributed by atoms with E-state index in [1.165, 1.54) is 5.57 Å². The Bertz CT molecular complexity index is 451. The first-order valence-electron chi connectivity index (χ1n) is 6.12. The molecule has 0 aromatic heterocycles. The maximum atomic E-state index is 9.51. The molecule has 1 aliphatic carbocycles. The van der Waals surface area contributed by atoms with Crippen LogP contribution in [0.15, 0.2) is 24.3 Å². The average molecular weight is 232 g/mol. The number of aliphatic hydroxyl groups is 1. The number of rotatable bonds is 1. The molecule has 1 N–H and O–H groups in total. The van der Waals surface area contributed by atoms with Crippen molar-refractivity contribution in [2.45, 2.75) is 25.4 Å². The summed E-state index contributed by atoms with van der Waals surface area (Å²) < 4.78 is 11.3. The normalized spacial score (nSPS) is 23.1. The van der Waals surface area contributed by atoms with Gasteiger partial charge in [0.2, 0.25) is 0 Å². The summed E-state index contributed by atoms with van der Waals surface area (Å²) in [5.41, 5.74) is 2.33. The Balaban J connectivity index is 1.92. The molecule has 0 radical (unpaired) electrons. The highest BCUT2D eigenvalue weighted by Gasteiger charge is 2.17. The minimum atomic E-state index is -0.291. The van der Waals surface area contributed by atoms with Crippen LogP contribution in [0, 0.1) is 0 Å². The molecule has 0 bridgehead atoms. The number of allylic oxidation sites excluding steroid dienone is 1. The summed E-state index contributed by atoms with van der Waals surface area (Å²) in [6.45, 7) is 1.42. The lowest BCUT2D eigenvalue weighted by Gasteiger charge is -2.09. The summed E-state index contributed by atoms with van der Waals surface area (Å²) >= 11 is 0. The van der Waals surface area contributed by atoms with E-state index in [1.54, 1.807) is 0 Å². The number of hydrogen-bond donors (Lipinski definition) is 1. The van der Waals surface area contributed by atoms with Gasteiger partial charge >= 0.3 is 0 Å². The molecule has 0 saturated carbocycles. The highest BCUT2D eigenvalue weighted by molar-refractivity contribution is 5.70. The summed E-state index contributed by atoms with van der Waals surface area (Å²) in [6.07, 6.45) is 4.32. The molecule has 0 amide bonds. The van der Waals surface area contributed by atoms with Gasteiger partial charge in [-0.25, -0.2) is 0 Å². The van der Waals surface area contributed by atoms with E-state index in [4.69, 9.17) is 9.47 Å². The van der Waals surface area contributed by atoms with Crippen molar-refractivity contribution in [3.8, 4) is 11.5 Å². The van der Waals surface area contributed by atoms with Gasteiger partial charge in [0.05, 0.1) is 19.3 Å². The van der Waals surface area contributed by atoms with Gasteiger partial charge in [-0.15, -0.1) is 0 Å². The average Bonchev–Trinajstić information content (AvgIpc) is 2.64. The lowest BCUT2D eigenvalue weighted by atomic mass is 10.1. The van der Waals surface area contributed by atoms with E-state index in [0.29, 0.717) is 13.2 Å². The lowest BCUT2D eigenvalue weighted by Crippen LogP contribution is -1.97. The number of ether oxygens (including phenoxy) is 2. The van der Waals surface area contributed by atoms with Crippen molar-refractivity contribution in [3.63, 3.8) is 0 Å². The molecule has 3 nitrogen and oxygen atoms in total. The third-order valence-electron chi connectivity index (χ3n) is 3.22. The fraction of sp³-hybridized carbons (Fsp3) is 0.429. The summed E-state index contributed by atoms with van der Waals surface area (Å²) in [5.74, 6) is 1.65. The number of fused-ring (bicyclic) bond motifs is 1. The Labute approximate surface area is 101 Å². The van der Waals surface area contributed by atoms with E-state index in [9.17, 15) is 5.11 Å². The van der Waals surface area contributed by atoms with Crippen molar-refractivity contribution >= 4 is 5.57 Å². The maximum absolute atomic E-state index is 9.51. The standard InChI is InChI=1S/C14H16O3/c15-12-4-2-10(8-12)11-3-5-13-14(9-11)17-7-1-6-16-13/h3,5,8-9,12,15H,1-2,4,6-7H2. The van der Waals surface area contributed by atoms with E-state index in [0.717, 1.165) is 36.3 Å². The van der Waals surface area contributed by atoms with Crippen LogP contribution < -0.4 is 9.47 Å². The zero-order chi connectivity index (χ0) is 11.7. The van der Waals surface area contributed by atoms with Crippen molar-refractivity contribution in [1.29, 1.82) is 0 Å². The quantitative estimate of drug-likeness (QED) is 0.808. The molecular formula is C14H16O3. The molecule has 0 saturated heterocycles. The van der Waals surface area contributed by atoms with Crippen LogP contribution in [0.1, 0.15) is 24.8 Å². The van der Waals surface area contributed by atoms with Crippen LogP contribution in [0.2, 0.25) is 0 Å². The molecule has 1 aliphatic heterocycles. The van der Waals surface area contributed by atoms with Crippen LogP contribution in [0.4, 0.5) is 0 Å². The smallest absolute Gasteiger partial charge is 0.161 e. The fourth-order valence-corrected chi connectivity index (χ4v) is 2.31. The Kier molecular flexibility index (Phi) is 2.77. The molecule has 1 heterocycles. The van der Waals surface area contributed by atoms with Crippen molar-refractivity contribution < 1.29 is 14.6 Å². The monoisotopic (exact) mass is 232 g/mol. The molecule has 0 fully saturated rings. The number of benzene rings is 1. The molecule has 1 aromatic rings. The molecule has 2 aliphatic rings. The van der Waals surface area contributed by atoms with Crippen molar-refractivity contribution in [1.82, 2.24) is 0 Å². The summed E-state index contributed by atoms with van der Waals surface area (Å²) in [4.78, 5) is 0. The van der Waals surface area contributed by atoms with E-state index in [1.807, 2.05) is 24.3 Å². The van der Waals surface area contributed by atoms with E-state index in [2.05, 4.69) is 0 Å². The first kappa shape index (κ1) is 10.7. The zero-order valence-electron chi connectivity index (χ0n) is 9.69. The highest BCUT2D eigenvalue weighted by Crippen LogP contribution is 2.35. The third-order valence-corrected chi connectivity index (χ3v) is 3.22. The van der Waals surface area contributed by atoms with Crippen LogP contribution in [0.5, 0.6) is 11.5 Å². The van der Waals surface area contributed by atoms with Gasteiger partial charge in [-0.2, -0.15) is 0 Å². The molecular weight excluding hydrogens is 216 g/mol. The Hall–Kier alpha value is -1.48. The first-order valence-corrected chi connectivity index (χ1v) is 6.12. The van der Waals surface area contributed by atoms with E-state index < -0.39 is 0 Å². The van der Waals surface area contributed by atoms with Crippen LogP contribution in [-0.4, -0.2) is 24.4 Å². The van der Waals surface area contributed by atoms with E-state index >= 15 is 0 Å². The van der Waals surface area contributed by atoms with Crippen molar-refractivity contribution in [2.75, 3.05) is 13.2 Å². The first-order chi connectivity index (χ1) is 8.33. The van der Waals surface area contributed by atoms with Gasteiger partial charge in [-0.1, -0.05) is 12.1 Å². The van der Waals surface area contributed by atoms with Crippen molar-refractivity contribution in [3.05, 3.63) is 29.8 Å². The molecule has 3 heteroatoms. The second-order valence-electron chi connectivity index (χ2n) is 4.51. The highest BCUT2D eigenvalue weighted by atomic mass is 16.5. The van der Waals surface area contributed by atoms with Crippen LogP contribution in [0.25, 0.3) is 5.57 Å². The minimum Gasteiger partial charge on any atom is -0.490 e. The summed E-state index contributed by atoms with van der Waals surface area (Å²) in [7, 11) is 0. The lowest BCUT2D eigenvalue weighted by molar-refractivity contribution is 0.223. The second-order valence-corrected chi connectivity index (χ2v) is 4.51. The van der Waals surface area contributed by atoms with Crippen molar-refractivity contribution in [2.24, 2.45) is 0 Å². The molecule has 0 spiro atoms. The topological polar surface area (TPSA) is 38.7 Å². The molecule has 1 unspecified atom stereocenters. The van der Waals surface area contributed by atoms with Gasteiger partial charge in [0.15, 0.2) is 11.5 Å². The second kappa shape index (κ2) is 4.41. The van der Waals surface area contributed by atoms with Crippen LogP contribution in [0.3, 0.4) is 0 Å². The predicted octanol–water partition coefficient (Wildman–Crippen LogP) is 2.39. The molecule has 1 aromatic carbocycles. The Morgan fingerprint density at radius 2 is 1.94 bits per heavy atom. The Morgan fingerprint density at radius 3 is 2.71 bits per heavy atom. The maximum Gasteiger partial charge on any atom is 0.161 e. The molecule has 1 atom stereocenters. The van der Waals surface area contributed by atoms with Crippen LogP contribution >= 0.6 is 0 Å². The van der Waals surface area contributed by atoms with Gasteiger partial charge in [-0.05, 0) is 36.1 Å². The minimum absolute atomic E-state index is 0.291. The third kappa shape index (κ3) is 2.15. The van der Waals surface area contributed by atoms with Crippen LogP contribution in [-0.2, 0) is 0 Å². The summed E-state index contributed by atoms with van der Waals surface area (Å²) in [6, 6.07) is 6.02. The predicted molar refractivity (Wildman–Crippen MR) is 65.3 cm³/mol. The van der Waals surface area contributed by atoms with Gasteiger partial charge in [0.1, 0.15) is 0 Å². The SMILES string of the molecule is OC1C=C(c2ccc3c(c2)OCCCO3)CC1. The fourth-order valence-electron chi connectivity index (χ4n) is 2.31. The summed E-state index contributed by atoms with van der Waals surface area (Å²) in [5, 5.41) is 9.51. The molecule has 90 valence electrons. The van der Waals surface area contributed by atoms with Gasteiger partial charge in [0, 0.05) is 6.42 Å². The van der Waals surface area contributed by atoms with Gasteiger partial charge in [-0.3, -0.25) is 0 Å². The van der Waals surface area contributed by atoms with Gasteiger partial charge < -0.3 is 14.6 Å². The zero-order valence-corrected chi connectivity index (χ0v) is 9.69. The van der Waals surface area contributed by atoms with Gasteiger partial charge in [0.25, 0.3) is 0 Å². The molecule has 3 rings (SSSR count). The Morgan fingerprint density at radius 1 is 1.12 bits per heavy atom.